The first-order valence-corrected chi connectivity index (χ1v) is 12.7. The van der Waals surface area contributed by atoms with Crippen LogP contribution in [0.25, 0.3) is 11.3 Å². The van der Waals surface area contributed by atoms with Crippen molar-refractivity contribution >= 4 is 11.7 Å². The maximum absolute atomic E-state index is 13.3. The van der Waals surface area contributed by atoms with Crippen LogP contribution in [0.15, 0.2) is 83.5 Å². The van der Waals surface area contributed by atoms with Crippen LogP contribution in [-0.4, -0.2) is 65.2 Å². The predicted molar refractivity (Wildman–Crippen MR) is 140 cm³/mol. The van der Waals surface area contributed by atoms with Gasteiger partial charge < -0.3 is 19.1 Å². The third kappa shape index (κ3) is 5.20. The van der Waals surface area contributed by atoms with Crippen molar-refractivity contribution in [3.8, 4) is 17.1 Å². The molecule has 2 aliphatic rings. The smallest absolute Gasteiger partial charge is 0.276 e. The fourth-order valence-electron chi connectivity index (χ4n) is 4.93. The lowest BCUT2D eigenvalue weighted by Crippen LogP contribution is -2.46. The number of carbonyl (C=O) groups is 1. The van der Waals surface area contributed by atoms with Crippen molar-refractivity contribution in [3.63, 3.8) is 0 Å². The molecule has 4 heterocycles. The minimum atomic E-state index is -0.154. The summed E-state index contributed by atoms with van der Waals surface area (Å²) >= 11 is 0. The van der Waals surface area contributed by atoms with Gasteiger partial charge in [0.1, 0.15) is 18.2 Å². The molecule has 1 amide bonds. The highest BCUT2D eigenvalue weighted by molar-refractivity contribution is 5.93. The molecule has 0 atom stereocenters. The number of hydrogen-bond donors (Lipinski definition) is 0. The third-order valence-corrected chi connectivity index (χ3v) is 6.93. The van der Waals surface area contributed by atoms with Crippen LogP contribution in [0.4, 0.5) is 5.82 Å². The van der Waals surface area contributed by atoms with Gasteiger partial charge in [-0.15, -0.1) is 0 Å². The number of anilines is 1. The van der Waals surface area contributed by atoms with Gasteiger partial charge in [-0.05, 0) is 29.8 Å². The molecule has 0 spiro atoms. The Bertz CT molecular complexity index is 1350. The molecule has 1 fully saturated rings. The fourth-order valence-corrected chi connectivity index (χ4v) is 4.93. The summed E-state index contributed by atoms with van der Waals surface area (Å²) in [5.74, 6) is 2.31. The Balaban J connectivity index is 1.11. The first kappa shape index (κ1) is 23.2. The van der Waals surface area contributed by atoms with Crippen LogP contribution < -0.4 is 9.64 Å². The van der Waals surface area contributed by atoms with Gasteiger partial charge in [-0.25, -0.2) is 4.98 Å². The third-order valence-electron chi connectivity index (χ3n) is 6.93. The largest absolute Gasteiger partial charge is 0.491 e. The predicted octanol–water partition coefficient (Wildman–Crippen LogP) is 4.09. The zero-order chi connectivity index (χ0) is 25.0. The second-order valence-corrected chi connectivity index (χ2v) is 9.41. The number of ether oxygens (including phenoxy) is 1. The van der Waals surface area contributed by atoms with Gasteiger partial charge in [0.2, 0.25) is 0 Å². The highest BCUT2D eigenvalue weighted by Gasteiger charge is 2.25. The molecule has 0 bridgehead atoms. The van der Waals surface area contributed by atoms with Gasteiger partial charge in [-0.3, -0.25) is 9.69 Å². The Labute approximate surface area is 216 Å². The lowest BCUT2D eigenvalue weighted by Gasteiger charge is -2.35. The maximum atomic E-state index is 13.3. The number of pyridine rings is 1. The highest BCUT2D eigenvalue weighted by atomic mass is 16.5. The number of amides is 1. The number of nitrogens with zero attached hydrogens (tertiary/aromatic N) is 5. The summed E-state index contributed by atoms with van der Waals surface area (Å²) in [4.78, 5) is 24.3. The van der Waals surface area contributed by atoms with Gasteiger partial charge >= 0.3 is 0 Å². The zero-order valence-electron chi connectivity index (χ0n) is 20.6. The van der Waals surface area contributed by atoms with Gasteiger partial charge in [0.15, 0.2) is 11.5 Å². The maximum Gasteiger partial charge on any atom is 0.276 e. The average molecular weight is 496 g/mol. The van der Waals surface area contributed by atoms with Crippen molar-refractivity contribution < 1.29 is 14.1 Å². The number of hydrogen-bond acceptors (Lipinski definition) is 7. The van der Waals surface area contributed by atoms with Crippen LogP contribution in [0.3, 0.4) is 0 Å². The van der Waals surface area contributed by atoms with Crippen molar-refractivity contribution in [2.24, 2.45) is 0 Å². The van der Waals surface area contributed by atoms with Crippen molar-refractivity contribution in [1.29, 1.82) is 0 Å². The minimum absolute atomic E-state index is 0.154. The van der Waals surface area contributed by atoms with Crippen LogP contribution in [0.5, 0.6) is 5.75 Å². The number of rotatable bonds is 5. The molecule has 188 valence electrons. The summed E-state index contributed by atoms with van der Waals surface area (Å²) in [6, 6.07) is 23.8. The molecule has 1 saturated heterocycles. The van der Waals surface area contributed by atoms with Crippen LogP contribution in [0.1, 0.15) is 21.6 Å². The number of benzene rings is 2. The molecule has 0 unspecified atom stereocenters. The summed E-state index contributed by atoms with van der Waals surface area (Å²) in [7, 11) is 0. The summed E-state index contributed by atoms with van der Waals surface area (Å²) in [6.07, 6.45) is 1.85. The topological polar surface area (TPSA) is 74.9 Å². The molecular formula is C29H29N5O3. The first-order chi connectivity index (χ1) is 18.2. The zero-order valence-corrected chi connectivity index (χ0v) is 20.6. The normalized spacial score (nSPS) is 16.1. The summed E-state index contributed by atoms with van der Waals surface area (Å²) in [5.41, 5.74) is 3.44. The Kier molecular flexibility index (Phi) is 6.56. The monoisotopic (exact) mass is 495 g/mol. The molecule has 2 aromatic carbocycles. The van der Waals surface area contributed by atoms with E-state index in [1.165, 1.54) is 5.56 Å². The standard InChI is InChI=1S/C29H29N5O3/c35-29(25-19-27(37-31-25)23-6-2-1-3-7-23)34-16-17-36-26-10-9-22(18-24(26)21-34)20-32-12-14-33(15-13-32)28-8-4-5-11-30-28/h1-11,18-19H,12-17,20-21H2. The summed E-state index contributed by atoms with van der Waals surface area (Å²) in [5, 5.41) is 4.06. The van der Waals surface area contributed by atoms with E-state index in [0.717, 1.165) is 55.4 Å². The van der Waals surface area contributed by atoms with Gasteiger partial charge in [0, 0.05) is 62.7 Å². The molecule has 0 saturated carbocycles. The molecule has 4 aromatic rings. The van der Waals surface area contributed by atoms with E-state index in [1.54, 1.807) is 11.0 Å². The minimum Gasteiger partial charge on any atom is -0.491 e. The van der Waals surface area contributed by atoms with Gasteiger partial charge in [0.05, 0.1) is 6.54 Å². The van der Waals surface area contributed by atoms with E-state index in [2.05, 4.69) is 38.1 Å². The molecule has 8 heteroatoms. The summed E-state index contributed by atoms with van der Waals surface area (Å²) < 4.78 is 11.4. The van der Waals surface area contributed by atoms with E-state index in [9.17, 15) is 4.79 Å². The molecule has 0 radical (unpaired) electrons. The molecule has 2 aromatic heterocycles. The number of carbonyl (C=O) groups excluding carboxylic acids is 1. The highest BCUT2D eigenvalue weighted by Crippen LogP contribution is 2.27. The van der Waals surface area contributed by atoms with Gasteiger partial charge in [-0.2, -0.15) is 0 Å². The van der Waals surface area contributed by atoms with Crippen molar-refractivity contribution in [2.45, 2.75) is 13.1 Å². The van der Waals surface area contributed by atoms with Crippen molar-refractivity contribution in [2.75, 3.05) is 44.2 Å². The molecule has 2 aliphatic heterocycles. The van der Waals surface area contributed by atoms with Crippen LogP contribution >= 0.6 is 0 Å². The van der Waals surface area contributed by atoms with E-state index in [1.807, 2.05) is 54.7 Å². The number of fused-ring (bicyclic) bond motifs is 1. The van der Waals surface area contributed by atoms with E-state index in [4.69, 9.17) is 9.26 Å². The molecule has 6 rings (SSSR count). The molecule has 8 nitrogen and oxygen atoms in total. The van der Waals surface area contributed by atoms with E-state index >= 15 is 0 Å². The van der Waals surface area contributed by atoms with Crippen LogP contribution in [0.2, 0.25) is 0 Å². The van der Waals surface area contributed by atoms with E-state index < -0.39 is 0 Å². The van der Waals surface area contributed by atoms with Crippen molar-refractivity contribution in [1.82, 2.24) is 19.9 Å². The number of aromatic nitrogens is 2. The molecule has 37 heavy (non-hydrogen) atoms. The van der Waals surface area contributed by atoms with Gasteiger partial charge in [-0.1, -0.05) is 47.6 Å². The van der Waals surface area contributed by atoms with E-state index in [-0.39, 0.29) is 5.91 Å². The SMILES string of the molecule is O=C(c1cc(-c2ccccc2)on1)N1CCOc2ccc(CN3CCN(c4ccccn4)CC3)cc2C1. The van der Waals surface area contributed by atoms with Gasteiger partial charge in [0.25, 0.3) is 5.91 Å². The average Bonchev–Trinajstić information content (AvgIpc) is 3.35. The van der Waals surface area contributed by atoms with Crippen molar-refractivity contribution in [3.05, 3.63) is 95.8 Å². The Morgan fingerprint density at radius 1 is 0.892 bits per heavy atom. The fraction of sp³-hybridized carbons (Fsp3) is 0.276. The number of piperazine rings is 1. The van der Waals surface area contributed by atoms with E-state index in [0.29, 0.717) is 31.2 Å². The molecular weight excluding hydrogens is 466 g/mol. The quantitative estimate of drug-likeness (QED) is 0.413. The lowest BCUT2D eigenvalue weighted by molar-refractivity contribution is 0.0723. The second kappa shape index (κ2) is 10.4. The molecule has 0 aliphatic carbocycles. The molecule has 0 N–H and O–H groups in total. The van der Waals surface area contributed by atoms with Crippen LogP contribution in [0, 0.1) is 0 Å². The Morgan fingerprint density at radius 2 is 1.73 bits per heavy atom. The first-order valence-electron chi connectivity index (χ1n) is 12.7. The second-order valence-electron chi connectivity index (χ2n) is 9.41. The summed E-state index contributed by atoms with van der Waals surface area (Å²) in [6.45, 7) is 6.13. The Morgan fingerprint density at radius 3 is 2.54 bits per heavy atom. The lowest BCUT2D eigenvalue weighted by atomic mass is 10.1. The Hall–Kier alpha value is -4.17. The van der Waals surface area contributed by atoms with Crippen LogP contribution in [-0.2, 0) is 13.1 Å².